The highest BCUT2D eigenvalue weighted by atomic mass is 16.5. The monoisotopic (exact) mass is 438 g/mol. The van der Waals surface area contributed by atoms with Crippen molar-refractivity contribution < 1.29 is 24.2 Å². The van der Waals surface area contributed by atoms with Crippen molar-refractivity contribution in [3.8, 4) is 11.1 Å². The molecule has 3 N–H and O–H groups in total. The maximum absolute atomic E-state index is 12.5. The molecule has 0 saturated heterocycles. The van der Waals surface area contributed by atoms with Crippen LogP contribution >= 0.6 is 0 Å². The van der Waals surface area contributed by atoms with Gasteiger partial charge in [-0.1, -0.05) is 62.4 Å². The van der Waals surface area contributed by atoms with E-state index in [2.05, 4.69) is 22.8 Å². The molecule has 7 nitrogen and oxygen atoms in total. The molecule has 0 fully saturated rings. The number of carboxylic acids is 1. The van der Waals surface area contributed by atoms with Crippen LogP contribution in [0.25, 0.3) is 11.1 Å². The fraction of sp³-hybridized carbons (Fsp3) is 0.400. The Morgan fingerprint density at radius 1 is 0.969 bits per heavy atom. The van der Waals surface area contributed by atoms with Crippen LogP contribution in [0, 0.1) is 11.8 Å². The first-order valence-electron chi connectivity index (χ1n) is 10.9. The van der Waals surface area contributed by atoms with Crippen molar-refractivity contribution in [1.29, 1.82) is 0 Å². The predicted octanol–water partition coefficient (Wildman–Crippen LogP) is 3.78. The van der Waals surface area contributed by atoms with Gasteiger partial charge in [0, 0.05) is 12.5 Å². The molecule has 0 aromatic heterocycles. The molecule has 0 heterocycles. The summed E-state index contributed by atoms with van der Waals surface area (Å²) in [5.74, 6) is -1.88. The van der Waals surface area contributed by atoms with E-state index in [4.69, 9.17) is 9.84 Å². The number of alkyl carbamates (subject to hydrolysis) is 1. The summed E-state index contributed by atoms with van der Waals surface area (Å²) in [5, 5.41) is 14.2. The number of carbonyl (C=O) groups excluding carboxylic acids is 2. The van der Waals surface area contributed by atoms with E-state index in [-0.39, 0.29) is 25.0 Å². The second-order valence-electron chi connectivity index (χ2n) is 8.60. The molecule has 1 aliphatic carbocycles. The zero-order valence-electron chi connectivity index (χ0n) is 18.6. The van der Waals surface area contributed by atoms with Crippen molar-refractivity contribution in [1.82, 2.24) is 10.6 Å². The zero-order valence-corrected chi connectivity index (χ0v) is 18.6. The molecule has 0 radical (unpaired) electrons. The van der Waals surface area contributed by atoms with Gasteiger partial charge < -0.3 is 20.5 Å². The Kier molecular flexibility index (Phi) is 7.51. The van der Waals surface area contributed by atoms with E-state index in [1.807, 2.05) is 50.2 Å². The number of nitrogens with one attached hydrogen (secondary N) is 2. The largest absolute Gasteiger partial charge is 0.480 e. The molecule has 2 aromatic rings. The number of ether oxygens (including phenoxy) is 1. The number of amides is 2. The van der Waals surface area contributed by atoms with Crippen LogP contribution in [0.2, 0.25) is 0 Å². The zero-order chi connectivity index (χ0) is 23.3. The molecule has 0 bridgehead atoms. The van der Waals surface area contributed by atoms with E-state index in [9.17, 15) is 14.4 Å². The predicted molar refractivity (Wildman–Crippen MR) is 121 cm³/mol. The van der Waals surface area contributed by atoms with Crippen LogP contribution in [0.5, 0.6) is 0 Å². The molecule has 1 unspecified atom stereocenters. The van der Waals surface area contributed by atoms with Gasteiger partial charge in [0.2, 0.25) is 5.91 Å². The maximum atomic E-state index is 12.5. The van der Waals surface area contributed by atoms with Crippen molar-refractivity contribution in [2.45, 2.75) is 39.2 Å². The van der Waals surface area contributed by atoms with Crippen LogP contribution in [-0.2, 0) is 14.3 Å². The molecule has 3 rings (SSSR count). The summed E-state index contributed by atoms with van der Waals surface area (Å²) < 4.78 is 5.52. The second kappa shape index (κ2) is 10.3. The lowest BCUT2D eigenvalue weighted by atomic mass is 9.96. The fourth-order valence-electron chi connectivity index (χ4n) is 4.10. The number of carbonyl (C=O) groups is 3. The molecule has 0 saturated carbocycles. The van der Waals surface area contributed by atoms with Crippen molar-refractivity contribution in [3.63, 3.8) is 0 Å². The van der Waals surface area contributed by atoms with Crippen LogP contribution in [0.4, 0.5) is 4.79 Å². The molecule has 7 heteroatoms. The summed E-state index contributed by atoms with van der Waals surface area (Å²) in [6.45, 7) is 5.61. The van der Waals surface area contributed by atoms with Crippen LogP contribution in [0.15, 0.2) is 48.5 Å². The van der Waals surface area contributed by atoms with Crippen LogP contribution < -0.4 is 10.6 Å². The Bertz CT molecular complexity index is 942. The number of fused-ring (bicyclic) bond motifs is 3. The Morgan fingerprint density at radius 3 is 2.06 bits per heavy atom. The fourth-order valence-corrected chi connectivity index (χ4v) is 4.10. The van der Waals surface area contributed by atoms with Gasteiger partial charge in [-0.15, -0.1) is 0 Å². The molecular formula is C25H30N2O5. The number of rotatable bonds is 9. The minimum absolute atomic E-state index is 0.0423. The van der Waals surface area contributed by atoms with E-state index in [1.54, 1.807) is 0 Å². The smallest absolute Gasteiger partial charge is 0.407 e. The number of aliphatic carboxylic acids is 1. The molecule has 2 amide bonds. The molecule has 32 heavy (non-hydrogen) atoms. The summed E-state index contributed by atoms with van der Waals surface area (Å²) in [6, 6.07) is 15.2. The lowest BCUT2D eigenvalue weighted by Crippen LogP contribution is -2.45. The van der Waals surface area contributed by atoms with Gasteiger partial charge in [-0.2, -0.15) is 0 Å². The summed E-state index contributed by atoms with van der Waals surface area (Å²) in [6.07, 6.45) is -0.0818. The van der Waals surface area contributed by atoms with Gasteiger partial charge >= 0.3 is 12.1 Å². The third-order valence-corrected chi connectivity index (χ3v) is 5.69. The van der Waals surface area contributed by atoms with Gasteiger partial charge in [-0.05, 0) is 41.5 Å². The van der Waals surface area contributed by atoms with Crippen LogP contribution in [0.3, 0.4) is 0 Å². The molecule has 0 aliphatic heterocycles. The molecular weight excluding hydrogens is 408 g/mol. The minimum Gasteiger partial charge on any atom is -0.480 e. The molecule has 0 spiro atoms. The first-order valence-corrected chi connectivity index (χ1v) is 10.9. The van der Waals surface area contributed by atoms with Gasteiger partial charge in [-0.25, -0.2) is 4.79 Å². The van der Waals surface area contributed by atoms with Crippen molar-refractivity contribution in [2.24, 2.45) is 11.8 Å². The van der Waals surface area contributed by atoms with E-state index < -0.39 is 29.9 Å². The topological polar surface area (TPSA) is 105 Å². The Hall–Kier alpha value is -3.35. The third-order valence-electron chi connectivity index (χ3n) is 5.69. The van der Waals surface area contributed by atoms with Gasteiger partial charge in [-0.3, -0.25) is 9.59 Å². The Morgan fingerprint density at radius 2 is 1.53 bits per heavy atom. The molecule has 170 valence electrons. The highest BCUT2D eigenvalue weighted by Gasteiger charge is 2.29. The van der Waals surface area contributed by atoms with Crippen molar-refractivity contribution in [3.05, 3.63) is 59.7 Å². The summed E-state index contributed by atoms with van der Waals surface area (Å²) >= 11 is 0. The molecule has 1 aliphatic rings. The van der Waals surface area contributed by atoms with Gasteiger partial charge in [0.1, 0.15) is 12.6 Å². The highest BCUT2D eigenvalue weighted by molar-refractivity contribution is 5.85. The SMILES string of the molecule is CC(C)CC(CNC(=O)OCC1c2ccccc2-c2ccccc21)C(=O)N[C@H](C)C(=O)O. The quantitative estimate of drug-likeness (QED) is 0.553. The van der Waals surface area contributed by atoms with E-state index >= 15 is 0 Å². The second-order valence-corrected chi connectivity index (χ2v) is 8.60. The summed E-state index contributed by atoms with van der Waals surface area (Å²) in [5.41, 5.74) is 4.55. The summed E-state index contributed by atoms with van der Waals surface area (Å²) in [4.78, 5) is 35.9. The lowest BCUT2D eigenvalue weighted by Gasteiger charge is -2.21. The number of carboxylic acid groups (broad SMARTS) is 1. The average molecular weight is 439 g/mol. The van der Waals surface area contributed by atoms with Gasteiger partial charge in [0.25, 0.3) is 0 Å². The van der Waals surface area contributed by atoms with E-state index in [0.717, 1.165) is 22.3 Å². The normalized spacial score (nSPS) is 14.2. The Labute approximate surface area is 188 Å². The van der Waals surface area contributed by atoms with Crippen LogP contribution in [0.1, 0.15) is 44.2 Å². The van der Waals surface area contributed by atoms with Crippen LogP contribution in [-0.4, -0.2) is 42.3 Å². The first kappa shape index (κ1) is 23.3. The van der Waals surface area contributed by atoms with E-state index in [1.165, 1.54) is 6.92 Å². The molecule has 2 aromatic carbocycles. The minimum atomic E-state index is -1.11. The number of hydrogen-bond acceptors (Lipinski definition) is 4. The third kappa shape index (κ3) is 5.46. The van der Waals surface area contributed by atoms with Crippen molar-refractivity contribution in [2.75, 3.05) is 13.2 Å². The average Bonchev–Trinajstić information content (AvgIpc) is 3.08. The van der Waals surface area contributed by atoms with Crippen molar-refractivity contribution >= 4 is 18.0 Å². The first-order chi connectivity index (χ1) is 15.3. The molecule has 2 atom stereocenters. The maximum Gasteiger partial charge on any atom is 0.407 e. The highest BCUT2D eigenvalue weighted by Crippen LogP contribution is 2.44. The lowest BCUT2D eigenvalue weighted by molar-refractivity contribution is -0.142. The standard InChI is InChI=1S/C25H30N2O5/c1-15(2)12-17(23(28)27-16(3)24(29)30)13-26-25(31)32-14-22-20-10-6-4-8-18(20)19-9-5-7-11-21(19)22/h4-11,15-17,22H,12-14H2,1-3H3,(H,26,31)(H,27,28)(H,29,30)/t16-,17?/m1/s1. The number of benzene rings is 2. The Balaban J connectivity index is 1.59. The number of hydrogen-bond donors (Lipinski definition) is 3. The van der Waals surface area contributed by atoms with Gasteiger partial charge in [0.05, 0.1) is 5.92 Å². The van der Waals surface area contributed by atoms with E-state index in [0.29, 0.717) is 6.42 Å². The summed E-state index contributed by atoms with van der Waals surface area (Å²) in [7, 11) is 0. The van der Waals surface area contributed by atoms with Gasteiger partial charge in [0.15, 0.2) is 0 Å².